The number of nitrogens with one attached hydrogen (secondary N) is 2. The van der Waals surface area contributed by atoms with Gasteiger partial charge < -0.3 is 25.6 Å². The van der Waals surface area contributed by atoms with Crippen molar-refractivity contribution in [3.05, 3.63) is 0 Å². The maximum Gasteiger partial charge on any atom is 0.328 e. The lowest BCUT2D eigenvalue weighted by Gasteiger charge is -2.18. The number of hydrogen-bond donors (Lipinski definition) is 4. The lowest BCUT2D eigenvalue weighted by Crippen LogP contribution is -2.47. The van der Waals surface area contributed by atoms with Crippen LogP contribution in [0.15, 0.2) is 0 Å². The first-order valence-electron chi connectivity index (χ1n) is 22.4. The zero-order valence-electron chi connectivity index (χ0n) is 34.5. The van der Waals surface area contributed by atoms with E-state index in [1.165, 1.54) is 141 Å². The van der Waals surface area contributed by atoms with E-state index in [0.717, 1.165) is 57.8 Å². The summed E-state index contributed by atoms with van der Waals surface area (Å²) in [6, 6.07) is -1.38. The second-order valence-electron chi connectivity index (χ2n) is 15.5. The maximum absolute atomic E-state index is 12.8. The second kappa shape index (κ2) is 39.5. The summed E-state index contributed by atoms with van der Waals surface area (Å²) in [5.74, 6) is -2.27. The van der Waals surface area contributed by atoms with Gasteiger partial charge in [0.25, 0.3) is 0 Å². The van der Waals surface area contributed by atoms with Crippen molar-refractivity contribution in [2.75, 3.05) is 13.2 Å². The van der Waals surface area contributed by atoms with Gasteiger partial charge in [0.1, 0.15) is 12.1 Å². The number of esters is 1. The van der Waals surface area contributed by atoms with Crippen molar-refractivity contribution in [2.45, 2.75) is 244 Å². The maximum atomic E-state index is 12.8. The van der Waals surface area contributed by atoms with E-state index in [2.05, 4.69) is 24.5 Å². The van der Waals surface area contributed by atoms with Crippen LogP contribution in [0.25, 0.3) is 0 Å². The Morgan fingerprint density at radius 1 is 0.491 bits per heavy atom. The average Bonchev–Trinajstić information content (AvgIpc) is 3.14. The summed E-state index contributed by atoms with van der Waals surface area (Å²) in [5, 5.41) is 22.6. The summed E-state index contributed by atoms with van der Waals surface area (Å²) in [5.41, 5.74) is 0. The van der Waals surface area contributed by atoms with Crippen molar-refractivity contribution in [3.63, 3.8) is 0 Å². The number of carbonyl (C=O) groups is 4. The van der Waals surface area contributed by atoms with E-state index in [4.69, 9.17) is 14.9 Å². The molecule has 0 spiro atoms. The Balaban J connectivity index is 4.28. The summed E-state index contributed by atoms with van der Waals surface area (Å²) in [6.07, 6.45) is 39.8. The van der Waals surface area contributed by atoms with Crippen molar-refractivity contribution in [2.24, 2.45) is 0 Å². The van der Waals surface area contributed by atoms with Gasteiger partial charge in [0.15, 0.2) is 0 Å². The molecule has 0 radical (unpaired) electrons. The Morgan fingerprint density at radius 2 is 0.849 bits per heavy atom. The smallest absolute Gasteiger partial charge is 0.328 e. The molecule has 0 aromatic heterocycles. The Kier molecular flexibility index (Phi) is 37.9. The molecule has 0 aliphatic rings. The van der Waals surface area contributed by atoms with Crippen LogP contribution in [0.1, 0.15) is 232 Å². The first-order valence-corrected chi connectivity index (χ1v) is 22.4. The molecule has 0 fully saturated rings. The van der Waals surface area contributed by atoms with Crippen LogP contribution in [-0.4, -0.2) is 59.3 Å². The van der Waals surface area contributed by atoms with E-state index < -0.39 is 24.5 Å². The average molecular weight is 753 g/mol. The Hall–Kier alpha value is -2.16. The van der Waals surface area contributed by atoms with Crippen LogP contribution in [-0.2, 0) is 23.9 Å². The number of aliphatic hydroxyl groups is 1. The van der Waals surface area contributed by atoms with Gasteiger partial charge in [-0.3, -0.25) is 14.4 Å². The molecule has 0 bridgehead atoms. The molecule has 0 saturated carbocycles. The normalized spacial score (nSPS) is 12.4. The highest BCUT2D eigenvalue weighted by Gasteiger charge is 2.19. The summed E-state index contributed by atoms with van der Waals surface area (Å²) in [7, 11) is 0. The molecular weight excluding hydrogens is 668 g/mol. The van der Waals surface area contributed by atoms with Crippen molar-refractivity contribution >= 4 is 23.8 Å². The number of carboxylic acid groups (broad SMARTS) is 1. The third kappa shape index (κ3) is 36.6. The van der Waals surface area contributed by atoms with Crippen molar-refractivity contribution in [1.29, 1.82) is 0 Å². The molecule has 312 valence electrons. The molecule has 2 unspecified atom stereocenters. The molecule has 2 atom stereocenters. The monoisotopic (exact) mass is 753 g/mol. The van der Waals surface area contributed by atoms with Crippen LogP contribution >= 0.6 is 0 Å². The summed E-state index contributed by atoms with van der Waals surface area (Å²) in [4.78, 5) is 47.6. The van der Waals surface area contributed by atoms with Crippen LogP contribution < -0.4 is 10.6 Å². The molecule has 53 heavy (non-hydrogen) atoms. The van der Waals surface area contributed by atoms with Crippen LogP contribution in [0.5, 0.6) is 0 Å². The molecule has 9 nitrogen and oxygen atoms in total. The number of hydrogen-bond acceptors (Lipinski definition) is 6. The molecule has 0 saturated heterocycles. The lowest BCUT2D eigenvalue weighted by molar-refractivity contribution is -0.150. The second-order valence-corrected chi connectivity index (χ2v) is 15.5. The number of unbranched alkanes of at least 4 members (excludes halogenated alkanes) is 27. The van der Waals surface area contributed by atoms with Crippen molar-refractivity contribution in [1.82, 2.24) is 10.6 Å². The molecular formula is C44H84N2O7. The number of carboxylic acids is 1. The van der Waals surface area contributed by atoms with Crippen LogP contribution in [0.4, 0.5) is 0 Å². The van der Waals surface area contributed by atoms with Gasteiger partial charge in [-0.2, -0.15) is 0 Å². The first-order chi connectivity index (χ1) is 25.8. The van der Waals surface area contributed by atoms with Gasteiger partial charge in [-0.15, -0.1) is 0 Å². The number of aliphatic carboxylic acids is 1. The van der Waals surface area contributed by atoms with E-state index in [9.17, 15) is 19.2 Å². The molecule has 0 aromatic carbocycles. The van der Waals surface area contributed by atoms with Crippen LogP contribution in [0.3, 0.4) is 0 Å². The molecule has 4 N–H and O–H groups in total. The Labute approximate surface area is 325 Å². The zero-order chi connectivity index (χ0) is 39.0. The highest BCUT2D eigenvalue weighted by molar-refractivity contribution is 5.87. The fraction of sp³-hybridized carbons (Fsp3) is 0.909. The summed E-state index contributed by atoms with van der Waals surface area (Å²) >= 11 is 0. The van der Waals surface area contributed by atoms with E-state index in [1.54, 1.807) is 0 Å². The predicted molar refractivity (Wildman–Crippen MR) is 218 cm³/mol. The minimum absolute atomic E-state index is 0.00369. The lowest BCUT2D eigenvalue weighted by atomic mass is 10.0. The van der Waals surface area contributed by atoms with E-state index in [0.29, 0.717) is 19.3 Å². The van der Waals surface area contributed by atoms with Crippen molar-refractivity contribution in [3.8, 4) is 0 Å². The minimum Gasteiger partial charge on any atom is -0.480 e. The topological polar surface area (TPSA) is 142 Å². The largest absolute Gasteiger partial charge is 0.480 e. The molecule has 2 amide bonds. The van der Waals surface area contributed by atoms with Gasteiger partial charge >= 0.3 is 11.9 Å². The predicted octanol–water partition coefficient (Wildman–Crippen LogP) is 10.9. The standard InChI is InChI=1S/C44H84N2O7/c1-3-5-7-9-11-13-15-17-18-20-22-25-29-33-39(53-43(50)36-32-28-23-21-19-16-14-12-10-8-6-4-2)34-30-26-24-27-31-35-41(48)45-37-42(49)46-40(38-47)44(51)52/h39-40,47H,3-38H2,1-2H3,(H,45,48)(H,46,49)(H,51,52). The number of ether oxygens (including phenoxy) is 1. The fourth-order valence-corrected chi connectivity index (χ4v) is 6.89. The van der Waals surface area contributed by atoms with E-state index >= 15 is 0 Å². The molecule has 0 aliphatic heterocycles. The third-order valence-corrected chi connectivity index (χ3v) is 10.4. The highest BCUT2D eigenvalue weighted by atomic mass is 16.5. The van der Waals surface area contributed by atoms with Crippen LogP contribution in [0.2, 0.25) is 0 Å². The quantitative estimate of drug-likeness (QED) is 0.0360. The number of rotatable bonds is 41. The van der Waals surface area contributed by atoms with Gasteiger partial charge in [0.05, 0.1) is 13.2 Å². The fourth-order valence-electron chi connectivity index (χ4n) is 6.89. The SMILES string of the molecule is CCCCCCCCCCCCCCCC(CCCCCCCC(=O)NCC(=O)NC(CO)C(=O)O)OC(=O)CCCCCCCCCCCCCC. The van der Waals surface area contributed by atoms with Crippen molar-refractivity contribution < 1.29 is 34.1 Å². The van der Waals surface area contributed by atoms with Gasteiger partial charge in [0, 0.05) is 12.8 Å². The first kappa shape index (κ1) is 50.8. The van der Waals surface area contributed by atoms with Gasteiger partial charge in [-0.1, -0.05) is 181 Å². The van der Waals surface area contributed by atoms with Crippen LogP contribution in [0, 0.1) is 0 Å². The molecule has 0 rings (SSSR count). The Morgan fingerprint density at radius 3 is 1.23 bits per heavy atom. The summed E-state index contributed by atoms with van der Waals surface area (Å²) in [6.45, 7) is 3.50. The molecule has 0 aromatic rings. The molecule has 0 aliphatic carbocycles. The van der Waals surface area contributed by atoms with E-state index in [-0.39, 0.29) is 24.5 Å². The van der Waals surface area contributed by atoms with Gasteiger partial charge in [-0.25, -0.2) is 4.79 Å². The van der Waals surface area contributed by atoms with Gasteiger partial charge in [0.2, 0.25) is 11.8 Å². The molecule has 0 heterocycles. The van der Waals surface area contributed by atoms with Gasteiger partial charge in [-0.05, 0) is 38.5 Å². The number of aliphatic hydroxyl groups excluding tert-OH is 1. The number of carbonyl (C=O) groups excluding carboxylic acids is 3. The molecule has 9 heteroatoms. The van der Waals surface area contributed by atoms with E-state index in [1.807, 2.05) is 0 Å². The zero-order valence-corrected chi connectivity index (χ0v) is 34.5. The number of amides is 2. The summed E-state index contributed by atoms with van der Waals surface area (Å²) < 4.78 is 6.04. The third-order valence-electron chi connectivity index (χ3n) is 10.4. The highest BCUT2D eigenvalue weighted by Crippen LogP contribution is 2.19. The Bertz CT molecular complexity index is 869. The minimum atomic E-state index is -1.38.